The molecule has 230 valence electrons. The van der Waals surface area contributed by atoms with Crippen molar-refractivity contribution in [1.82, 2.24) is 0 Å². The fourth-order valence-electron chi connectivity index (χ4n) is 8.26. The lowest BCUT2D eigenvalue weighted by atomic mass is 9.73. The molecule has 0 N–H and O–H groups in total. The zero-order valence-electron chi connectivity index (χ0n) is 33.7. The minimum absolute atomic E-state index is 0.0835. The molecule has 9 rings (SSSR count). The highest BCUT2D eigenvalue weighted by molar-refractivity contribution is 6.04. The zero-order valence-corrected chi connectivity index (χ0v) is 26.7. The summed E-state index contributed by atoms with van der Waals surface area (Å²) in [5, 5.41) is 0. The van der Waals surface area contributed by atoms with Gasteiger partial charge in [-0.2, -0.15) is 0 Å². The topological polar surface area (TPSA) is 9.23 Å². The first-order chi connectivity index (χ1) is 25.7. The molecule has 1 atom stereocenters. The number of benzene rings is 6. The molecule has 1 heterocycles. The molecular weight excluding hydrogens is 569 g/mol. The van der Waals surface area contributed by atoms with Crippen LogP contribution in [0.15, 0.2) is 115 Å². The highest BCUT2D eigenvalue weighted by Crippen LogP contribution is 2.56. The SMILES string of the molecule is [2H]C([2H])([2H])c1ccc2c(c1)Oc1c(ccc(C)c1-c1cc3c(cc1C1([2H])CCCC1)-c1ccccc1-c1ccccc1-c1ccccc1-3)C2(C)C([2H])([2H])[2H]. The minimum atomic E-state index is -2.50. The number of fused-ring (bicyclic) bond motifs is 10. The smallest absolute Gasteiger partial charge is 0.139 e. The van der Waals surface area contributed by atoms with Gasteiger partial charge in [0.15, 0.2) is 0 Å². The Morgan fingerprint density at radius 2 is 1.19 bits per heavy atom. The van der Waals surface area contributed by atoms with Crippen LogP contribution in [0.3, 0.4) is 0 Å². The maximum Gasteiger partial charge on any atom is 0.139 e. The third kappa shape index (κ3) is 4.29. The van der Waals surface area contributed by atoms with E-state index in [0.717, 1.165) is 79.6 Å². The fourth-order valence-corrected chi connectivity index (χ4v) is 8.26. The number of aryl methyl sites for hydroxylation is 2. The molecule has 1 heteroatoms. The van der Waals surface area contributed by atoms with Gasteiger partial charge >= 0.3 is 0 Å². The standard InChI is InChI=1S/C46H40O/c1-28-21-23-41-43(25-28)47-45-42(46(41,3)4)24-22-29(2)44(45)40-27-39-36-20-12-10-18-34(36)32-16-8-7-15-31(32)33-17-9-11-19-35(33)38(39)26-37(40)30-13-5-6-14-30/h7-12,15-27,30H,5-6,13-14H2,1-4H3/i1D3,3D3,30D. The first kappa shape index (κ1) is 21.8. The third-order valence-corrected chi connectivity index (χ3v) is 10.6. The Balaban J connectivity index is 1.40. The van der Waals surface area contributed by atoms with Crippen molar-refractivity contribution >= 4 is 0 Å². The molecule has 1 fully saturated rings. The van der Waals surface area contributed by atoms with Gasteiger partial charge in [-0.15, -0.1) is 0 Å². The molecule has 1 aliphatic heterocycles. The van der Waals surface area contributed by atoms with Gasteiger partial charge in [0, 0.05) is 31.7 Å². The van der Waals surface area contributed by atoms with Crippen molar-refractivity contribution in [3.05, 3.63) is 143 Å². The summed E-state index contributed by atoms with van der Waals surface area (Å²) in [5.41, 5.74) is 11.6. The Labute approximate surface area is 288 Å². The van der Waals surface area contributed by atoms with Crippen LogP contribution in [0, 0.1) is 13.8 Å². The molecule has 1 unspecified atom stereocenters. The molecule has 0 bridgehead atoms. The monoisotopic (exact) mass is 615 g/mol. The van der Waals surface area contributed by atoms with Gasteiger partial charge in [-0.25, -0.2) is 0 Å². The molecule has 0 spiro atoms. The van der Waals surface area contributed by atoms with E-state index in [-0.39, 0.29) is 11.3 Å². The van der Waals surface area contributed by atoms with E-state index in [4.69, 9.17) is 13.0 Å². The Morgan fingerprint density at radius 1 is 0.638 bits per heavy atom. The summed E-state index contributed by atoms with van der Waals surface area (Å²) < 4.78 is 68.1. The molecule has 0 saturated heterocycles. The van der Waals surface area contributed by atoms with Gasteiger partial charge in [0.2, 0.25) is 0 Å². The van der Waals surface area contributed by atoms with Gasteiger partial charge in [-0.05, 0) is 117 Å². The Kier molecular flexibility index (Phi) is 4.91. The third-order valence-electron chi connectivity index (χ3n) is 10.6. The van der Waals surface area contributed by atoms with E-state index in [9.17, 15) is 1.37 Å². The number of rotatable bonds is 2. The van der Waals surface area contributed by atoms with Crippen LogP contribution in [0.2, 0.25) is 0 Å². The lowest BCUT2D eigenvalue weighted by molar-refractivity contribution is 0.419. The first-order valence-electron chi connectivity index (χ1n) is 20.2. The normalized spacial score (nSPS) is 21.0. The van der Waals surface area contributed by atoms with Gasteiger partial charge in [0.25, 0.3) is 0 Å². The van der Waals surface area contributed by atoms with Gasteiger partial charge in [-0.1, -0.05) is 124 Å². The first-order valence-corrected chi connectivity index (χ1v) is 16.7. The van der Waals surface area contributed by atoms with Crippen molar-refractivity contribution in [2.45, 2.75) is 64.5 Å². The largest absolute Gasteiger partial charge is 0.456 e. The lowest BCUT2D eigenvalue weighted by Crippen LogP contribution is -2.25. The molecule has 3 aliphatic rings. The van der Waals surface area contributed by atoms with Crippen LogP contribution >= 0.6 is 0 Å². The summed E-state index contributed by atoms with van der Waals surface area (Å²) in [6.07, 6.45) is 3.29. The molecule has 1 saturated carbocycles. The van der Waals surface area contributed by atoms with Gasteiger partial charge in [0.05, 0.1) is 0 Å². The summed E-state index contributed by atoms with van der Waals surface area (Å²) >= 11 is 0. The van der Waals surface area contributed by atoms with Gasteiger partial charge in [0.1, 0.15) is 11.5 Å². The second kappa shape index (κ2) is 10.6. The molecule has 47 heavy (non-hydrogen) atoms. The highest BCUT2D eigenvalue weighted by atomic mass is 16.5. The van der Waals surface area contributed by atoms with Crippen LogP contribution in [-0.4, -0.2) is 0 Å². The van der Waals surface area contributed by atoms with E-state index >= 15 is 0 Å². The maximum atomic E-state index is 10.1. The lowest BCUT2D eigenvalue weighted by Gasteiger charge is -2.36. The average molecular weight is 616 g/mol. The van der Waals surface area contributed by atoms with Crippen LogP contribution in [0.5, 0.6) is 11.5 Å². The highest BCUT2D eigenvalue weighted by Gasteiger charge is 2.37. The van der Waals surface area contributed by atoms with Crippen molar-refractivity contribution < 1.29 is 14.3 Å². The van der Waals surface area contributed by atoms with Crippen LogP contribution in [0.1, 0.15) is 82.8 Å². The van der Waals surface area contributed by atoms with E-state index in [2.05, 4.69) is 84.9 Å². The van der Waals surface area contributed by atoms with Gasteiger partial charge < -0.3 is 4.74 Å². The van der Waals surface area contributed by atoms with E-state index in [1.54, 1.807) is 13.0 Å². The molecule has 0 radical (unpaired) electrons. The van der Waals surface area contributed by atoms with E-state index < -0.39 is 25.0 Å². The van der Waals surface area contributed by atoms with E-state index in [1.165, 1.54) is 12.1 Å². The number of hydrogen-bond acceptors (Lipinski definition) is 1. The van der Waals surface area contributed by atoms with Crippen molar-refractivity contribution in [1.29, 1.82) is 0 Å². The molecule has 0 aromatic heterocycles. The molecule has 1 nitrogen and oxygen atoms in total. The Hall–Kier alpha value is -4.88. The molecule has 6 aromatic rings. The predicted octanol–water partition coefficient (Wildman–Crippen LogP) is 13.0. The van der Waals surface area contributed by atoms with Crippen LogP contribution < -0.4 is 4.74 Å². The van der Waals surface area contributed by atoms with Crippen molar-refractivity contribution in [2.24, 2.45) is 0 Å². The van der Waals surface area contributed by atoms with E-state index in [0.29, 0.717) is 29.7 Å². The summed E-state index contributed by atoms with van der Waals surface area (Å²) in [5.74, 6) is -0.258. The summed E-state index contributed by atoms with van der Waals surface area (Å²) in [4.78, 5) is 0. The summed E-state index contributed by atoms with van der Waals surface area (Å²) in [6.45, 7) is -1.19. The molecular formula is C46H40O. The quantitative estimate of drug-likeness (QED) is 0.188. The zero-order chi connectivity index (χ0) is 37.8. The summed E-state index contributed by atoms with van der Waals surface area (Å²) in [6, 6.07) is 38.3. The summed E-state index contributed by atoms with van der Waals surface area (Å²) in [7, 11) is 0. The fraction of sp³-hybridized carbons (Fsp3) is 0.217. The molecule has 0 amide bonds. The Bertz CT molecular complexity index is 2500. The van der Waals surface area contributed by atoms with Gasteiger partial charge in [-0.3, -0.25) is 0 Å². The van der Waals surface area contributed by atoms with Crippen molar-refractivity contribution in [3.63, 3.8) is 0 Å². The van der Waals surface area contributed by atoms with E-state index in [1.807, 2.05) is 19.1 Å². The van der Waals surface area contributed by atoms with Crippen molar-refractivity contribution in [2.75, 3.05) is 0 Å². The maximum absolute atomic E-state index is 10.1. The predicted molar refractivity (Wildman–Crippen MR) is 197 cm³/mol. The Morgan fingerprint density at radius 3 is 1.77 bits per heavy atom. The van der Waals surface area contributed by atoms with Crippen LogP contribution in [0.25, 0.3) is 55.6 Å². The average Bonchev–Trinajstić information content (AvgIpc) is 3.60. The molecule has 2 aliphatic carbocycles. The van der Waals surface area contributed by atoms with Crippen LogP contribution in [-0.2, 0) is 5.41 Å². The number of hydrogen-bond donors (Lipinski definition) is 0. The second-order valence-corrected chi connectivity index (χ2v) is 13.5. The van der Waals surface area contributed by atoms with Crippen LogP contribution in [0.4, 0.5) is 0 Å². The molecule has 6 aromatic carbocycles. The minimum Gasteiger partial charge on any atom is -0.456 e. The number of ether oxygens (including phenoxy) is 1. The second-order valence-electron chi connectivity index (χ2n) is 13.5. The van der Waals surface area contributed by atoms with Crippen molar-refractivity contribution in [3.8, 4) is 67.1 Å².